The van der Waals surface area contributed by atoms with Crippen molar-refractivity contribution in [3.05, 3.63) is 46.9 Å². The Morgan fingerprint density at radius 2 is 2.07 bits per heavy atom. The largest absolute Gasteiger partial charge is 0.353 e. The maximum absolute atomic E-state index is 12.7. The summed E-state index contributed by atoms with van der Waals surface area (Å²) in [6, 6.07) is 3.81. The summed E-state index contributed by atoms with van der Waals surface area (Å²) < 4.78 is 0. The lowest BCUT2D eigenvalue weighted by atomic mass is 10.1. The van der Waals surface area contributed by atoms with Crippen molar-refractivity contribution >= 4 is 33.3 Å². The zero-order valence-electron chi connectivity index (χ0n) is 15.5. The standard InChI is InChI=1S/C19H22N6OS/c1-13-15-17(25-8-6-24(2)7-9-25)22-12-23-19(15)27-16(13)18(26)21-11-14-4-3-5-20-10-14/h3-5,10,12H,6-9,11H2,1-2H3,(H,21,26). The van der Waals surface area contributed by atoms with Gasteiger partial charge in [0.25, 0.3) is 5.91 Å². The van der Waals surface area contributed by atoms with Crippen molar-refractivity contribution in [1.29, 1.82) is 0 Å². The molecule has 8 heteroatoms. The van der Waals surface area contributed by atoms with Gasteiger partial charge in [0.1, 0.15) is 17.0 Å². The number of aryl methyl sites for hydroxylation is 1. The third-order valence-electron chi connectivity index (χ3n) is 4.89. The third-order valence-corrected chi connectivity index (χ3v) is 6.09. The van der Waals surface area contributed by atoms with Crippen LogP contribution in [-0.4, -0.2) is 59.0 Å². The second-order valence-corrected chi connectivity index (χ2v) is 7.77. The normalized spacial score (nSPS) is 15.3. The molecule has 0 spiro atoms. The van der Waals surface area contributed by atoms with Gasteiger partial charge in [0, 0.05) is 45.1 Å². The Balaban J connectivity index is 1.60. The number of anilines is 1. The first-order valence-corrected chi connectivity index (χ1v) is 9.80. The van der Waals surface area contributed by atoms with E-state index >= 15 is 0 Å². The van der Waals surface area contributed by atoms with E-state index in [1.807, 2.05) is 19.1 Å². The number of aromatic nitrogens is 3. The summed E-state index contributed by atoms with van der Waals surface area (Å²) in [5.41, 5.74) is 1.93. The molecule has 0 radical (unpaired) electrons. The molecule has 1 N–H and O–H groups in total. The maximum Gasteiger partial charge on any atom is 0.261 e. The van der Waals surface area contributed by atoms with Crippen molar-refractivity contribution in [1.82, 2.24) is 25.2 Å². The maximum atomic E-state index is 12.7. The Bertz CT molecular complexity index is 949. The van der Waals surface area contributed by atoms with Crippen LogP contribution in [-0.2, 0) is 6.54 Å². The number of amides is 1. The van der Waals surface area contributed by atoms with Gasteiger partial charge in [-0.25, -0.2) is 9.97 Å². The molecular weight excluding hydrogens is 360 g/mol. The number of carbonyl (C=O) groups excluding carboxylic acids is 1. The Hall–Kier alpha value is -2.58. The van der Waals surface area contributed by atoms with Crippen LogP contribution < -0.4 is 10.2 Å². The second kappa shape index (κ2) is 7.58. The van der Waals surface area contributed by atoms with Crippen LogP contribution in [0, 0.1) is 6.92 Å². The van der Waals surface area contributed by atoms with Gasteiger partial charge >= 0.3 is 0 Å². The van der Waals surface area contributed by atoms with E-state index in [0.29, 0.717) is 11.4 Å². The van der Waals surface area contributed by atoms with Gasteiger partial charge in [-0.3, -0.25) is 9.78 Å². The summed E-state index contributed by atoms with van der Waals surface area (Å²) in [5.74, 6) is 0.858. The van der Waals surface area contributed by atoms with Crippen LogP contribution in [0.1, 0.15) is 20.8 Å². The molecular formula is C19H22N6OS. The summed E-state index contributed by atoms with van der Waals surface area (Å²) in [5, 5.41) is 3.98. The Labute approximate surface area is 162 Å². The van der Waals surface area contributed by atoms with Gasteiger partial charge in [-0.05, 0) is 31.2 Å². The molecule has 0 aliphatic carbocycles. The highest BCUT2D eigenvalue weighted by atomic mass is 32.1. The molecule has 4 rings (SSSR count). The lowest BCUT2D eigenvalue weighted by molar-refractivity contribution is 0.0954. The van der Waals surface area contributed by atoms with E-state index in [2.05, 4.69) is 37.1 Å². The van der Waals surface area contributed by atoms with E-state index < -0.39 is 0 Å². The van der Waals surface area contributed by atoms with Crippen LogP contribution in [0.25, 0.3) is 10.2 Å². The molecule has 27 heavy (non-hydrogen) atoms. The summed E-state index contributed by atoms with van der Waals surface area (Å²) in [6.07, 6.45) is 5.08. The lowest BCUT2D eigenvalue weighted by Crippen LogP contribution is -2.44. The lowest BCUT2D eigenvalue weighted by Gasteiger charge is -2.33. The molecule has 140 valence electrons. The van der Waals surface area contributed by atoms with E-state index in [0.717, 1.165) is 53.3 Å². The second-order valence-electron chi connectivity index (χ2n) is 6.77. The molecule has 1 aliphatic heterocycles. The fourth-order valence-electron chi connectivity index (χ4n) is 3.29. The van der Waals surface area contributed by atoms with Crippen molar-refractivity contribution in [2.45, 2.75) is 13.5 Å². The van der Waals surface area contributed by atoms with Crippen LogP contribution >= 0.6 is 11.3 Å². The number of fused-ring (bicyclic) bond motifs is 1. The van der Waals surface area contributed by atoms with Crippen LogP contribution in [0.4, 0.5) is 5.82 Å². The highest BCUT2D eigenvalue weighted by Gasteiger charge is 2.23. The molecule has 3 aromatic rings. The van der Waals surface area contributed by atoms with Crippen LogP contribution in [0.15, 0.2) is 30.9 Å². The Kier molecular flexibility index (Phi) is 5.00. The van der Waals surface area contributed by atoms with E-state index in [1.54, 1.807) is 18.7 Å². The predicted octanol–water partition coefficient (Wildman–Crippen LogP) is 2.08. The van der Waals surface area contributed by atoms with Crippen molar-refractivity contribution in [3.63, 3.8) is 0 Å². The average molecular weight is 382 g/mol. The van der Waals surface area contributed by atoms with Crippen LogP contribution in [0.3, 0.4) is 0 Å². The third kappa shape index (κ3) is 3.63. The minimum Gasteiger partial charge on any atom is -0.353 e. The molecule has 4 heterocycles. The Morgan fingerprint density at radius 1 is 1.26 bits per heavy atom. The zero-order chi connectivity index (χ0) is 18.8. The van der Waals surface area contributed by atoms with E-state index in [4.69, 9.17) is 0 Å². The van der Waals surface area contributed by atoms with Crippen molar-refractivity contribution in [2.24, 2.45) is 0 Å². The monoisotopic (exact) mass is 382 g/mol. The SMILES string of the molecule is Cc1c(C(=O)NCc2cccnc2)sc2ncnc(N3CCN(C)CC3)c12. The first kappa shape index (κ1) is 17.8. The summed E-state index contributed by atoms with van der Waals surface area (Å²) >= 11 is 1.43. The number of likely N-dealkylation sites (N-methyl/N-ethyl adjacent to an activating group) is 1. The number of nitrogens with one attached hydrogen (secondary N) is 1. The van der Waals surface area contributed by atoms with Crippen LogP contribution in [0.5, 0.6) is 0 Å². The topological polar surface area (TPSA) is 74.2 Å². The number of nitrogens with zero attached hydrogens (tertiary/aromatic N) is 5. The van der Waals surface area contributed by atoms with Crippen LogP contribution in [0.2, 0.25) is 0 Å². The first-order chi connectivity index (χ1) is 13.1. The minimum absolute atomic E-state index is 0.0799. The molecule has 0 unspecified atom stereocenters. The number of hydrogen-bond acceptors (Lipinski definition) is 7. The average Bonchev–Trinajstić information content (AvgIpc) is 3.04. The molecule has 1 amide bonds. The van der Waals surface area contributed by atoms with Gasteiger partial charge in [-0.1, -0.05) is 6.07 Å². The molecule has 3 aromatic heterocycles. The highest BCUT2D eigenvalue weighted by Crippen LogP contribution is 2.35. The highest BCUT2D eigenvalue weighted by molar-refractivity contribution is 7.20. The number of piperazine rings is 1. The van der Waals surface area contributed by atoms with Gasteiger partial charge in [0.15, 0.2) is 0 Å². The quantitative estimate of drug-likeness (QED) is 0.745. The van der Waals surface area contributed by atoms with E-state index in [9.17, 15) is 4.79 Å². The molecule has 7 nitrogen and oxygen atoms in total. The number of rotatable bonds is 4. The number of thiophene rings is 1. The summed E-state index contributed by atoms with van der Waals surface area (Å²) in [7, 11) is 2.13. The smallest absolute Gasteiger partial charge is 0.261 e. The fourth-order valence-corrected chi connectivity index (χ4v) is 4.35. The van der Waals surface area contributed by atoms with Crippen molar-refractivity contribution < 1.29 is 4.79 Å². The first-order valence-electron chi connectivity index (χ1n) is 8.98. The van der Waals surface area contributed by atoms with Crippen molar-refractivity contribution in [3.8, 4) is 0 Å². The van der Waals surface area contributed by atoms with Gasteiger partial charge in [0.05, 0.1) is 10.3 Å². The van der Waals surface area contributed by atoms with Gasteiger partial charge in [0.2, 0.25) is 0 Å². The summed E-state index contributed by atoms with van der Waals surface area (Å²) in [6.45, 7) is 6.32. The van der Waals surface area contributed by atoms with Gasteiger partial charge in [-0.15, -0.1) is 11.3 Å². The number of pyridine rings is 1. The fraction of sp³-hybridized carbons (Fsp3) is 0.368. The van der Waals surface area contributed by atoms with Gasteiger partial charge in [-0.2, -0.15) is 0 Å². The van der Waals surface area contributed by atoms with Crippen molar-refractivity contribution in [2.75, 3.05) is 38.1 Å². The molecule has 1 saturated heterocycles. The molecule has 1 fully saturated rings. The number of carbonyl (C=O) groups is 1. The molecule has 0 atom stereocenters. The molecule has 0 saturated carbocycles. The molecule has 0 bridgehead atoms. The van der Waals surface area contributed by atoms with E-state index in [1.165, 1.54) is 11.3 Å². The zero-order valence-corrected chi connectivity index (χ0v) is 16.3. The number of hydrogen-bond donors (Lipinski definition) is 1. The minimum atomic E-state index is -0.0799. The van der Waals surface area contributed by atoms with E-state index in [-0.39, 0.29) is 5.91 Å². The molecule has 1 aliphatic rings. The summed E-state index contributed by atoms with van der Waals surface area (Å²) in [4.78, 5) is 32.0. The molecule has 0 aromatic carbocycles. The van der Waals surface area contributed by atoms with Gasteiger partial charge < -0.3 is 15.1 Å². The Morgan fingerprint density at radius 3 is 2.81 bits per heavy atom. The predicted molar refractivity (Wildman–Crippen MR) is 107 cm³/mol.